The van der Waals surface area contributed by atoms with Crippen molar-refractivity contribution in [2.24, 2.45) is 0 Å². The largest absolute Gasteiger partial charge is 0.481 e. The van der Waals surface area contributed by atoms with Crippen LogP contribution < -0.4 is 4.74 Å². The summed E-state index contributed by atoms with van der Waals surface area (Å²) in [6.07, 6.45) is -0.667. The Balaban J connectivity index is 2.62. The van der Waals surface area contributed by atoms with E-state index in [4.69, 9.17) is 14.9 Å². The van der Waals surface area contributed by atoms with Crippen LogP contribution in [0.3, 0.4) is 0 Å². The Morgan fingerprint density at radius 1 is 1.26 bits per heavy atom. The number of carbonyl (C=O) groups excluding carboxylic acids is 1. The molecule has 1 atom stereocenters. The van der Waals surface area contributed by atoms with Gasteiger partial charge in [-0.3, -0.25) is 4.79 Å². The van der Waals surface area contributed by atoms with E-state index in [1.807, 2.05) is 12.1 Å². The maximum atomic E-state index is 12.1. The summed E-state index contributed by atoms with van der Waals surface area (Å²) in [5, 5.41) is 17.8. The molecule has 1 rings (SSSR count). The zero-order valence-corrected chi connectivity index (χ0v) is 12.3. The van der Waals surface area contributed by atoms with Crippen molar-refractivity contribution < 1.29 is 19.7 Å². The summed E-state index contributed by atoms with van der Waals surface area (Å²) in [6, 6.07) is 7.17. The van der Waals surface area contributed by atoms with E-state index < -0.39 is 6.10 Å². The molecule has 1 amide bonds. The zero-order valence-electron chi connectivity index (χ0n) is 10.8. The number of hydrogen-bond donors (Lipinski definition) is 2. The van der Waals surface area contributed by atoms with Crippen LogP contribution in [0.1, 0.15) is 6.92 Å². The fourth-order valence-electron chi connectivity index (χ4n) is 1.60. The maximum Gasteiger partial charge on any atom is 0.263 e. The summed E-state index contributed by atoms with van der Waals surface area (Å²) in [7, 11) is 0. The first-order valence-electron chi connectivity index (χ1n) is 6.01. The van der Waals surface area contributed by atoms with E-state index in [2.05, 4.69) is 15.9 Å². The molecule has 2 N–H and O–H groups in total. The molecule has 0 saturated heterocycles. The number of nitrogens with zero attached hydrogens (tertiary/aromatic N) is 1. The third-order valence-corrected chi connectivity index (χ3v) is 3.05. The highest BCUT2D eigenvalue weighted by molar-refractivity contribution is 9.10. The number of aliphatic hydroxyl groups excluding tert-OH is 2. The number of amides is 1. The molecule has 0 bridgehead atoms. The third kappa shape index (κ3) is 5.18. The van der Waals surface area contributed by atoms with Gasteiger partial charge in [-0.15, -0.1) is 0 Å². The number of benzene rings is 1. The topological polar surface area (TPSA) is 70.0 Å². The number of rotatable bonds is 7. The van der Waals surface area contributed by atoms with Gasteiger partial charge in [0.2, 0.25) is 0 Å². The smallest absolute Gasteiger partial charge is 0.263 e. The van der Waals surface area contributed by atoms with Gasteiger partial charge in [0.1, 0.15) is 5.75 Å². The van der Waals surface area contributed by atoms with Gasteiger partial charge in [0, 0.05) is 17.6 Å². The van der Waals surface area contributed by atoms with E-state index in [1.165, 1.54) is 4.90 Å². The minimum atomic E-state index is -0.667. The minimum Gasteiger partial charge on any atom is -0.481 e. The molecule has 5 nitrogen and oxygen atoms in total. The molecule has 0 spiro atoms. The molecule has 0 radical (unpaired) electrons. The highest BCUT2D eigenvalue weighted by atomic mass is 79.9. The van der Waals surface area contributed by atoms with Crippen LogP contribution in [0.25, 0.3) is 0 Å². The van der Waals surface area contributed by atoms with Gasteiger partial charge < -0.3 is 19.8 Å². The molecule has 0 aliphatic heterocycles. The summed E-state index contributed by atoms with van der Waals surface area (Å²) < 4.78 is 6.46. The van der Waals surface area contributed by atoms with E-state index in [0.717, 1.165) is 4.47 Å². The summed E-state index contributed by atoms with van der Waals surface area (Å²) >= 11 is 3.32. The average molecular weight is 332 g/mol. The molecule has 19 heavy (non-hydrogen) atoms. The lowest BCUT2D eigenvalue weighted by atomic mass is 10.3. The van der Waals surface area contributed by atoms with Crippen LogP contribution in [-0.4, -0.2) is 53.4 Å². The number of hydrogen-bond acceptors (Lipinski definition) is 4. The second-order valence-electron chi connectivity index (χ2n) is 3.99. The molecule has 0 fully saturated rings. The van der Waals surface area contributed by atoms with Crippen LogP contribution in [-0.2, 0) is 4.79 Å². The number of ether oxygens (including phenoxy) is 1. The fraction of sp³-hybridized carbons (Fsp3) is 0.462. The Hall–Kier alpha value is -1.11. The number of halogens is 1. The van der Waals surface area contributed by atoms with Crippen LogP contribution in [0.5, 0.6) is 5.75 Å². The molecular weight excluding hydrogens is 314 g/mol. The van der Waals surface area contributed by atoms with Gasteiger partial charge in [-0.1, -0.05) is 15.9 Å². The zero-order chi connectivity index (χ0) is 14.3. The Kier molecular flexibility index (Phi) is 6.83. The molecule has 0 aliphatic rings. The van der Waals surface area contributed by atoms with Gasteiger partial charge in [-0.2, -0.15) is 0 Å². The molecule has 0 saturated carbocycles. The number of carbonyl (C=O) groups is 1. The SMILES string of the molecule is CC(Oc1ccc(Br)cc1)C(=O)N(CCO)CCO. The van der Waals surface area contributed by atoms with Crippen molar-refractivity contribution in [1.82, 2.24) is 4.90 Å². The van der Waals surface area contributed by atoms with Crippen molar-refractivity contribution in [2.75, 3.05) is 26.3 Å². The van der Waals surface area contributed by atoms with Crippen molar-refractivity contribution in [3.05, 3.63) is 28.7 Å². The summed E-state index contributed by atoms with van der Waals surface area (Å²) in [6.45, 7) is 1.74. The molecular formula is C13H18BrNO4. The Morgan fingerprint density at radius 3 is 2.26 bits per heavy atom. The first-order chi connectivity index (χ1) is 9.08. The van der Waals surface area contributed by atoms with E-state index >= 15 is 0 Å². The molecule has 0 aromatic heterocycles. The minimum absolute atomic E-state index is 0.142. The van der Waals surface area contributed by atoms with Gasteiger partial charge in [0.05, 0.1) is 13.2 Å². The Morgan fingerprint density at radius 2 is 1.79 bits per heavy atom. The predicted octanol–water partition coefficient (Wildman–Crippen LogP) is 1.03. The van der Waals surface area contributed by atoms with Crippen molar-refractivity contribution in [3.8, 4) is 5.75 Å². The summed E-state index contributed by atoms with van der Waals surface area (Å²) in [5.41, 5.74) is 0. The van der Waals surface area contributed by atoms with Crippen molar-refractivity contribution in [1.29, 1.82) is 0 Å². The third-order valence-electron chi connectivity index (χ3n) is 2.53. The standard InChI is InChI=1S/C13H18BrNO4/c1-10(13(18)15(6-8-16)7-9-17)19-12-4-2-11(14)3-5-12/h2-5,10,16-17H,6-9H2,1H3. The van der Waals surface area contributed by atoms with Crippen molar-refractivity contribution in [2.45, 2.75) is 13.0 Å². The molecule has 0 aliphatic carbocycles. The van der Waals surface area contributed by atoms with Gasteiger partial charge in [-0.25, -0.2) is 0 Å². The second-order valence-corrected chi connectivity index (χ2v) is 4.90. The normalized spacial score (nSPS) is 12.0. The fourth-order valence-corrected chi connectivity index (χ4v) is 1.86. The highest BCUT2D eigenvalue weighted by Gasteiger charge is 2.21. The van der Waals surface area contributed by atoms with Crippen LogP contribution in [0.15, 0.2) is 28.7 Å². The molecule has 106 valence electrons. The summed E-state index contributed by atoms with van der Waals surface area (Å²) in [5.74, 6) is 0.336. The van der Waals surface area contributed by atoms with E-state index in [9.17, 15) is 4.79 Å². The predicted molar refractivity (Wildman–Crippen MR) is 75.0 cm³/mol. The monoisotopic (exact) mass is 331 g/mol. The quantitative estimate of drug-likeness (QED) is 0.783. The molecule has 1 aromatic carbocycles. The summed E-state index contributed by atoms with van der Waals surface area (Å²) in [4.78, 5) is 13.4. The number of aliphatic hydroxyl groups is 2. The molecule has 1 aromatic rings. The lowest BCUT2D eigenvalue weighted by Gasteiger charge is -2.24. The van der Waals surface area contributed by atoms with Gasteiger partial charge >= 0.3 is 0 Å². The second kappa shape index (κ2) is 8.14. The van der Waals surface area contributed by atoms with Gasteiger partial charge in [0.15, 0.2) is 6.10 Å². The molecule has 1 unspecified atom stereocenters. The van der Waals surface area contributed by atoms with Crippen molar-refractivity contribution >= 4 is 21.8 Å². The Bertz CT molecular complexity index is 390. The van der Waals surface area contributed by atoms with E-state index in [1.54, 1.807) is 19.1 Å². The van der Waals surface area contributed by atoms with Crippen LogP contribution in [0.2, 0.25) is 0 Å². The van der Waals surface area contributed by atoms with Gasteiger partial charge in [-0.05, 0) is 31.2 Å². The molecule has 6 heteroatoms. The van der Waals surface area contributed by atoms with E-state index in [0.29, 0.717) is 5.75 Å². The average Bonchev–Trinajstić information content (AvgIpc) is 2.40. The first kappa shape index (κ1) is 15.9. The van der Waals surface area contributed by atoms with Crippen molar-refractivity contribution in [3.63, 3.8) is 0 Å². The van der Waals surface area contributed by atoms with Gasteiger partial charge in [0.25, 0.3) is 5.91 Å². The van der Waals surface area contributed by atoms with Crippen LogP contribution >= 0.6 is 15.9 Å². The highest BCUT2D eigenvalue weighted by Crippen LogP contribution is 2.17. The molecule has 0 heterocycles. The maximum absolute atomic E-state index is 12.1. The lowest BCUT2D eigenvalue weighted by Crippen LogP contribution is -2.43. The van der Waals surface area contributed by atoms with Crippen LogP contribution in [0, 0.1) is 0 Å². The Labute approximate surface area is 120 Å². The first-order valence-corrected chi connectivity index (χ1v) is 6.80. The van der Waals surface area contributed by atoms with E-state index in [-0.39, 0.29) is 32.2 Å². The van der Waals surface area contributed by atoms with Crippen LogP contribution in [0.4, 0.5) is 0 Å². The lowest BCUT2D eigenvalue weighted by molar-refractivity contribution is -0.139.